The zero-order chi connectivity index (χ0) is 19.5. The number of hydrogen-bond donors (Lipinski definition) is 0. The van der Waals surface area contributed by atoms with Crippen LogP contribution in [0.25, 0.3) is 0 Å². The van der Waals surface area contributed by atoms with Crippen molar-refractivity contribution in [3.63, 3.8) is 0 Å². The van der Waals surface area contributed by atoms with Gasteiger partial charge in [-0.3, -0.25) is 4.79 Å². The van der Waals surface area contributed by atoms with Gasteiger partial charge in [-0.1, -0.05) is 54.5 Å². The van der Waals surface area contributed by atoms with Gasteiger partial charge < -0.3 is 14.0 Å². The first kappa shape index (κ1) is 26.1. The molecule has 4 nitrogen and oxygen atoms in total. The summed E-state index contributed by atoms with van der Waals surface area (Å²) < 4.78 is 25.2. The molecule has 0 heterocycles. The third-order valence-electron chi connectivity index (χ3n) is 5.04. The van der Waals surface area contributed by atoms with Gasteiger partial charge in [-0.25, -0.2) is 0 Å². The van der Waals surface area contributed by atoms with Crippen LogP contribution in [-0.4, -0.2) is 5.78 Å². The van der Waals surface area contributed by atoms with Crippen molar-refractivity contribution in [2.45, 2.75) is 85.0 Å². The number of fused-ring (bicyclic) bond motifs is 1. The van der Waals surface area contributed by atoms with Gasteiger partial charge in [-0.15, -0.1) is 0 Å². The second-order valence-electron chi connectivity index (χ2n) is 7.94. The molecule has 142 valence electrons. The molecule has 0 aliphatic heterocycles. The van der Waals surface area contributed by atoms with E-state index in [1.165, 1.54) is 28.7 Å². The van der Waals surface area contributed by atoms with E-state index in [1.54, 1.807) is 0 Å². The molecule has 1 aliphatic rings. The monoisotopic (exact) mass is 392 g/mol. The molecule has 0 radical (unpaired) electrons. The molecule has 1 aliphatic carbocycles. The number of ketones is 1. The molecule has 0 atom stereocenters. The predicted molar refractivity (Wildman–Crippen MR) is 90.6 cm³/mol. The predicted octanol–water partition coefficient (Wildman–Crippen LogP) is -0.813. The smallest absolute Gasteiger partial charge is 0.357 e. The van der Waals surface area contributed by atoms with Crippen molar-refractivity contribution < 1.29 is 59.1 Å². The normalized spacial score (nSPS) is 14.8. The standard InChI is InChI=1S/C20H30O.ClO3.Na/c1-8-17(21)19-15(12(2)3)11-16-14(18(19)13(4)5)9-10-20(16,6)7;2-1(3)4;/h11-13H,8-10H2,1-7H3;;/q;-1;+1. The SMILES string of the molecule is CCC(=O)c1c(C(C)C)cc2c(c1C(C)C)CCC2(C)C.[Na+].[O-][Cl+2]([O-])[O-]. The van der Waals surface area contributed by atoms with Crippen molar-refractivity contribution in [1.29, 1.82) is 0 Å². The van der Waals surface area contributed by atoms with Crippen LogP contribution >= 0.6 is 0 Å². The largest absolute Gasteiger partial charge is 1.00 e. The molecule has 0 bridgehead atoms. The first-order valence-electron chi connectivity index (χ1n) is 8.90. The first-order chi connectivity index (χ1) is 11.4. The average Bonchev–Trinajstić information content (AvgIpc) is 2.79. The van der Waals surface area contributed by atoms with Crippen molar-refractivity contribution in [2.24, 2.45) is 0 Å². The molecule has 2 rings (SSSR count). The van der Waals surface area contributed by atoms with E-state index in [1.807, 2.05) is 6.92 Å². The van der Waals surface area contributed by atoms with Gasteiger partial charge in [0, 0.05) is 12.0 Å². The van der Waals surface area contributed by atoms with Crippen molar-refractivity contribution in [2.75, 3.05) is 0 Å². The van der Waals surface area contributed by atoms with Gasteiger partial charge in [0.1, 0.15) is 0 Å². The van der Waals surface area contributed by atoms with E-state index < -0.39 is 10.8 Å². The van der Waals surface area contributed by atoms with Gasteiger partial charge in [-0.2, -0.15) is 0 Å². The number of benzene rings is 1. The Balaban J connectivity index is 0.00000113. The summed E-state index contributed by atoms with van der Waals surface area (Å²) in [4.78, 5) is 12.6. The molecule has 0 amide bonds. The Bertz CT molecular complexity index is 622. The zero-order valence-corrected chi connectivity index (χ0v) is 20.1. The molecular weight excluding hydrogens is 363 g/mol. The molecule has 0 fully saturated rings. The molecule has 0 saturated carbocycles. The van der Waals surface area contributed by atoms with Gasteiger partial charge in [0.2, 0.25) is 0 Å². The quantitative estimate of drug-likeness (QED) is 0.495. The molecule has 0 aromatic heterocycles. The van der Waals surface area contributed by atoms with Crippen molar-refractivity contribution in [3.8, 4) is 0 Å². The van der Waals surface area contributed by atoms with E-state index >= 15 is 0 Å². The molecule has 0 saturated heterocycles. The van der Waals surface area contributed by atoms with E-state index in [9.17, 15) is 4.79 Å². The topological polar surface area (TPSA) is 86.2 Å². The van der Waals surface area contributed by atoms with E-state index in [-0.39, 0.29) is 35.0 Å². The minimum atomic E-state index is -2.85. The van der Waals surface area contributed by atoms with Crippen molar-refractivity contribution in [3.05, 3.63) is 33.9 Å². The number of rotatable bonds is 4. The average molecular weight is 393 g/mol. The number of halogens is 1. The summed E-state index contributed by atoms with van der Waals surface area (Å²) in [6, 6.07) is 2.35. The molecule has 0 N–H and O–H groups in total. The van der Waals surface area contributed by atoms with E-state index in [0.29, 0.717) is 24.0 Å². The summed E-state index contributed by atoms with van der Waals surface area (Å²) in [7, 11) is -2.85. The van der Waals surface area contributed by atoms with Crippen LogP contribution in [0.2, 0.25) is 0 Å². The van der Waals surface area contributed by atoms with Crippen LogP contribution in [-0.2, 0) is 11.8 Å². The maximum Gasteiger partial charge on any atom is 1.00 e. The molecule has 6 heteroatoms. The molecule has 1 aromatic carbocycles. The van der Waals surface area contributed by atoms with Crippen LogP contribution in [0.3, 0.4) is 0 Å². The van der Waals surface area contributed by atoms with Crippen LogP contribution in [0.4, 0.5) is 0 Å². The van der Waals surface area contributed by atoms with Gasteiger partial charge in [-0.05, 0) is 52.3 Å². The minimum Gasteiger partial charge on any atom is -0.357 e. The minimum absolute atomic E-state index is 0. The number of Topliss-reactive ketones (excluding diaryl/α,β-unsaturated/α-hetero) is 1. The molecule has 0 unspecified atom stereocenters. The summed E-state index contributed by atoms with van der Waals surface area (Å²) in [5.41, 5.74) is 6.85. The zero-order valence-electron chi connectivity index (χ0n) is 17.4. The summed E-state index contributed by atoms with van der Waals surface area (Å²) in [6.07, 6.45) is 2.92. The first-order valence-corrected chi connectivity index (χ1v) is 9.82. The Kier molecular flexibility index (Phi) is 10.6. The molecular formula is C20H30ClNaO4. The number of hydrogen-bond acceptors (Lipinski definition) is 4. The maximum atomic E-state index is 12.6. The summed E-state index contributed by atoms with van der Waals surface area (Å²) in [5, 5.41) is 0. The van der Waals surface area contributed by atoms with Gasteiger partial charge in [0.25, 0.3) is 0 Å². The van der Waals surface area contributed by atoms with E-state index in [2.05, 4.69) is 47.6 Å². The Morgan fingerprint density at radius 3 is 2.04 bits per heavy atom. The Labute approximate surface area is 183 Å². The van der Waals surface area contributed by atoms with Crippen LogP contribution in [0.15, 0.2) is 6.07 Å². The number of carbonyl (C=O) groups excluding carboxylic acids is 1. The summed E-state index contributed by atoms with van der Waals surface area (Å²) >= 11 is 0. The van der Waals surface area contributed by atoms with Gasteiger partial charge in [0.05, 0.1) is 10.8 Å². The fourth-order valence-electron chi connectivity index (χ4n) is 3.79. The molecule has 0 spiro atoms. The fraction of sp³-hybridized carbons (Fsp3) is 0.650. The summed E-state index contributed by atoms with van der Waals surface area (Å²) in [6.45, 7) is 15.5. The molecule has 26 heavy (non-hydrogen) atoms. The van der Waals surface area contributed by atoms with Gasteiger partial charge >= 0.3 is 29.6 Å². The summed E-state index contributed by atoms with van der Waals surface area (Å²) in [5.74, 6) is 1.13. The van der Waals surface area contributed by atoms with Crippen LogP contribution < -0.4 is 43.5 Å². The molecule has 1 aromatic rings. The number of carbonyl (C=O) groups is 1. The Hall–Kier alpha value is 0.0600. The van der Waals surface area contributed by atoms with Crippen LogP contribution in [0, 0.1) is 10.8 Å². The van der Waals surface area contributed by atoms with E-state index in [0.717, 1.165) is 12.0 Å². The van der Waals surface area contributed by atoms with E-state index in [4.69, 9.17) is 14.0 Å². The van der Waals surface area contributed by atoms with Gasteiger partial charge in [0.15, 0.2) is 5.78 Å². The van der Waals surface area contributed by atoms with Crippen LogP contribution in [0.5, 0.6) is 0 Å². The second kappa shape index (κ2) is 10.6. The van der Waals surface area contributed by atoms with Crippen molar-refractivity contribution in [1.82, 2.24) is 0 Å². The maximum absolute atomic E-state index is 12.6. The van der Waals surface area contributed by atoms with Crippen molar-refractivity contribution >= 4 is 5.78 Å². The fourth-order valence-corrected chi connectivity index (χ4v) is 3.79. The second-order valence-corrected chi connectivity index (χ2v) is 8.32. The Morgan fingerprint density at radius 2 is 1.65 bits per heavy atom. The third-order valence-corrected chi connectivity index (χ3v) is 5.04. The van der Waals surface area contributed by atoms with Crippen LogP contribution in [0.1, 0.15) is 106 Å². The Morgan fingerprint density at radius 1 is 1.15 bits per heavy atom. The third kappa shape index (κ3) is 6.03.